The van der Waals surface area contributed by atoms with Gasteiger partial charge in [-0.1, -0.05) is 19.9 Å². The van der Waals surface area contributed by atoms with Crippen LogP contribution < -0.4 is 0 Å². The summed E-state index contributed by atoms with van der Waals surface area (Å²) in [6.07, 6.45) is 12.3. The Bertz CT molecular complexity index is 502. The summed E-state index contributed by atoms with van der Waals surface area (Å²) >= 11 is 0. The van der Waals surface area contributed by atoms with Crippen molar-refractivity contribution in [2.24, 2.45) is 46.8 Å². The molecule has 25 heavy (non-hydrogen) atoms. The first-order valence-electron chi connectivity index (χ1n) is 10.9. The summed E-state index contributed by atoms with van der Waals surface area (Å²) in [6, 6.07) is 0. The average Bonchev–Trinajstić information content (AvgIpc) is 3.01. The highest BCUT2D eigenvalue weighted by Crippen LogP contribution is 2.64. The van der Waals surface area contributed by atoms with Gasteiger partial charge in [0.15, 0.2) is 0 Å². The highest BCUT2D eigenvalue weighted by atomic mass is 16.3. The number of hydrogen-bond donors (Lipinski definition) is 2. The number of fused-ring (bicyclic) bond motifs is 5. The van der Waals surface area contributed by atoms with Crippen LogP contribution in [0.3, 0.4) is 0 Å². The van der Waals surface area contributed by atoms with Gasteiger partial charge in [0.1, 0.15) is 0 Å². The van der Waals surface area contributed by atoms with E-state index in [-0.39, 0.29) is 17.6 Å². The molecule has 2 nitrogen and oxygen atoms in total. The van der Waals surface area contributed by atoms with Crippen molar-refractivity contribution in [1.82, 2.24) is 0 Å². The van der Waals surface area contributed by atoms with Gasteiger partial charge >= 0.3 is 0 Å². The molecule has 0 aromatic heterocycles. The van der Waals surface area contributed by atoms with Gasteiger partial charge < -0.3 is 10.2 Å². The van der Waals surface area contributed by atoms with E-state index < -0.39 is 0 Å². The number of aliphatic hydroxyl groups excluding tert-OH is 2. The topological polar surface area (TPSA) is 40.5 Å². The van der Waals surface area contributed by atoms with Crippen molar-refractivity contribution in [3.05, 3.63) is 12.7 Å². The zero-order valence-corrected chi connectivity index (χ0v) is 16.2. The fourth-order valence-corrected chi connectivity index (χ4v) is 8.12. The molecule has 0 radical (unpaired) electrons. The van der Waals surface area contributed by atoms with E-state index in [1.165, 1.54) is 25.7 Å². The minimum absolute atomic E-state index is 0.184. The Labute approximate surface area is 154 Å². The first kappa shape index (κ1) is 18.0. The lowest BCUT2D eigenvalue weighted by Gasteiger charge is -2.60. The quantitative estimate of drug-likeness (QED) is 0.721. The van der Waals surface area contributed by atoms with Crippen molar-refractivity contribution in [3.8, 4) is 0 Å². The molecule has 4 aliphatic carbocycles. The Morgan fingerprint density at radius 2 is 1.76 bits per heavy atom. The molecule has 2 heteroatoms. The standard InChI is InChI=1S/C23H38O2/c1-4-5-14(2)16-6-7-18-17(16)8-9-20-19(18)13-22(25)21-12-15(24)10-11-23(20,21)3/h4,14-22,24-25H,1,5-13H2,2-3H3/t14-,15-,16-,17?,18?,19?,20?,21+,22+,23-/m1/s1. The van der Waals surface area contributed by atoms with E-state index >= 15 is 0 Å². The van der Waals surface area contributed by atoms with Gasteiger partial charge in [-0.25, -0.2) is 0 Å². The van der Waals surface area contributed by atoms with Gasteiger partial charge in [0, 0.05) is 0 Å². The van der Waals surface area contributed by atoms with E-state index in [1.54, 1.807) is 0 Å². The van der Waals surface area contributed by atoms with Gasteiger partial charge in [-0.2, -0.15) is 0 Å². The van der Waals surface area contributed by atoms with Gasteiger partial charge in [0.2, 0.25) is 0 Å². The van der Waals surface area contributed by atoms with Crippen LogP contribution in [0.25, 0.3) is 0 Å². The lowest BCUT2D eigenvalue weighted by Crippen LogP contribution is -2.56. The predicted molar refractivity (Wildman–Crippen MR) is 102 cm³/mol. The van der Waals surface area contributed by atoms with Gasteiger partial charge in [0.05, 0.1) is 12.2 Å². The van der Waals surface area contributed by atoms with Gasteiger partial charge in [0.25, 0.3) is 0 Å². The van der Waals surface area contributed by atoms with Crippen molar-refractivity contribution < 1.29 is 10.2 Å². The molecule has 4 fully saturated rings. The Balaban J connectivity index is 1.55. The molecule has 0 aromatic carbocycles. The van der Waals surface area contributed by atoms with Crippen molar-refractivity contribution in [2.45, 2.75) is 83.8 Å². The fraction of sp³-hybridized carbons (Fsp3) is 0.913. The largest absolute Gasteiger partial charge is 0.393 e. The summed E-state index contributed by atoms with van der Waals surface area (Å²) in [6.45, 7) is 8.84. The number of hydrogen-bond acceptors (Lipinski definition) is 2. The molecule has 0 spiro atoms. The zero-order valence-electron chi connectivity index (χ0n) is 16.2. The highest BCUT2D eigenvalue weighted by Gasteiger charge is 2.59. The van der Waals surface area contributed by atoms with Crippen LogP contribution in [0.15, 0.2) is 12.7 Å². The molecule has 2 N–H and O–H groups in total. The van der Waals surface area contributed by atoms with Crippen LogP contribution in [0.2, 0.25) is 0 Å². The molecular weight excluding hydrogens is 308 g/mol. The molecule has 0 aliphatic heterocycles. The van der Waals surface area contributed by atoms with E-state index in [0.29, 0.717) is 5.92 Å². The molecule has 4 aliphatic rings. The van der Waals surface area contributed by atoms with Crippen LogP contribution in [-0.4, -0.2) is 22.4 Å². The number of rotatable bonds is 3. The van der Waals surface area contributed by atoms with Crippen LogP contribution in [-0.2, 0) is 0 Å². The van der Waals surface area contributed by atoms with Crippen LogP contribution in [0.4, 0.5) is 0 Å². The predicted octanol–water partition coefficient (Wildman–Crippen LogP) is 4.80. The van der Waals surface area contributed by atoms with E-state index in [9.17, 15) is 10.2 Å². The minimum atomic E-state index is -0.190. The highest BCUT2D eigenvalue weighted by molar-refractivity contribution is 5.08. The Kier molecular flexibility index (Phi) is 4.82. The van der Waals surface area contributed by atoms with E-state index in [0.717, 1.165) is 67.6 Å². The second kappa shape index (κ2) is 6.68. The van der Waals surface area contributed by atoms with Crippen LogP contribution >= 0.6 is 0 Å². The average molecular weight is 347 g/mol. The van der Waals surface area contributed by atoms with Crippen LogP contribution in [0, 0.1) is 46.8 Å². The van der Waals surface area contributed by atoms with E-state index in [4.69, 9.17) is 0 Å². The molecule has 0 heterocycles. The third-order valence-corrected chi connectivity index (χ3v) is 9.29. The van der Waals surface area contributed by atoms with Gasteiger partial charge in [-0.05, 0) is 105 Å². The first-order valence-corrected chi connectivity index (χ1v) is 10.9. The maximum atomic E-state index is 11.0. The Morgan fingerprint density at radius 1 is 1.00 bits per heavy atom. The number of aliphatic hydroxyl groups is 2. The second-order valence-corrected chi connectivity index (χ2v) is 10.3. The third-order valence-electron chi connectivity index (χ3n) is 9.29. The van der Waals surface area contributed by atoms with Crippen molar-refractivity contribution in [1.29, 1.82) is 0 Å². The summed E-state index contributed by atoms with van der Waals surface area (Å²) in [5.74, 6) is 5.21. The monoisotopic (exact) mass is 346 g/mol. The maximum absolute atomic E-state index is 11.0. The minimum Gasteiger partial charge on any atom is -0.393 e. The normalized spacial score (nSPS) is 53.4. The van der Waals surface area contributed by atoms with Gasteiger partial charge in [-0.15, -0.1) is 6.58 Å². The number of allylic oxidation sites excluding steroid dienone is 1. The summed E-state index contributed by atoms with van der Waals surface area (Å²) in [5, 5.41) is 21.1. The summed E-state index contributed by atoms with van der Waals surface area (Å²) < 4.78 is 0. The maximum Gasteiger partial charge on any atom is 0.0577 e. The van der Waals surface area contributed by atoms with Gasteiger partial charge in [-0.3, -0.25) is 0 Å². The molecule has 4 rings (SSSR count). The smallest absolute Gasteiger partial charge is 0.0577 e. The summed E-state index contributed by atoms with van der Waals surface area (Å²) in [7, 11) is 0. The summed E-state index contributed by atoms with van der Waals surface area (Å²) in [5.41, 5.74) is 0.261. The van der Waals surface area contributed by atoms with Crippen molar-refractivity contribution in [2.75, 3.05) is 0 Å². The molecule has 4 unspecified atom stereocenters. The zero-order chi connectivity index (χ0) is 17.8. The lowest BCUT2D eigenvalue weighted by molar-refractivity contribution is -0.159. The van der Waals surface area contributed by atoms with Crippen molar-refractivity contribution in [3.63, 3.8) is 0 Å². The van der Waals surface area contributed by atoms with E-state index in [1.807, 2.05) is 0 Å². The summed E-state index contributed by atoms with van der Waals surface area (Å²) in [4.78, 5) is 0. The van der Waals surface area contributed by atoms with E-state index in [2.05, 4.69) is 26.5 Å². The molecule has 0 saturated heterocycles. The lowest BCUT2D eigenvalue weighted by atomic mass is 9.46. The fourth-order valence-electron chi connectivity index (χ4n) is 8.12. The van der Waals surface area contributed by atoms with Crippen LogP contribution in [0.1, 0.15) is 71.6 Å². The second-order valence-electron chi connectivity index (χ2n) is 10.3. The Hall–Kier alpha value is -0.340. The molecule has 0 bridgehead atoms. The van der Waals surface area contributed by atoms with Crippen LogP contribution in [0.5, 0.6) is 0 Å². The third kappa shape index (κ3) is 2.83. The molecule has 4 saturated carbocycles. The SMILES string of the molecule is C=CC[C@@H](C)[C@H]1CCC2C3C[C@H](O)[C@@H]4C[C@H](O)CC[C@]4(C)C3CCC21. The molecule has 10 atom stereocenters. The first-order chi connectivity index (χ1) is 12.0. The molecule has 142 valence electrons. The molecular formula is C23H38O2. The Morgan fingerprint density at radius 3 is 2.52 bits per heavy atom. The molecule has 0 amide bonds. The molecule has 0 aromatic rings. The van der Waals surface area contributed by atoms with Crippen molar-refractivity contribution >= 4 is 0 Å².